The van der Waals surface area contributed by atoms with E-state index in [2.05, 4.69) is 4.98 Å². The van der Waals surface area contributed by atoms with Gasteiger partial charge in [0.1, 0.15) is 0 Å². The fourth-order valence-corrected chi connectivity index (χ4v) is 3.78. The monoisotopic (exact) mass is 356 g/mol. The van der Waals surface area contributed by atoms with Crippen LogP contribution >= 0.6 is 22.9 Å². The highest BCUT2D eigenvalue weighted by molar-refractivity contribution is 7.23. The van der Waals surface area contributed by atoms with Crippen molar-refractivity contribution in [3.8, 4) is 11.3 Å². The van der Waals surface area contributed by atoms with Gasteiger partial charge < -0.3 is 4.74 Å². The highest BCUT2D eigenvalue weighted by atomic mass is 35.5. The molecule has 0 saturated carbocycles. The Kier molecular flexibility index (Phi) is 3.75. The van der Waals surface area contributed by atoms with E-state index in [9.17, 15) is 4.79 Å². The van der Waals surface area contributed by atoms with Crippen molar-refractivity contribution in [3.63, 3.8) is 0 Å². The molecule has 0 aliphatic carbocycles. The quantitative estimate of drug-likeness (QED) is 0.483. The highest BCUT2D eigenvalue weighted by Gasteiger charge is 2.13. The van der Waals surface area contributed by atoms with Crippen molar-refractivity contribution < 1.29 is 9.53 Å². The molecule has 0 spiro atoms. The summed E-state index contributed by atoms with van der Waals surface area (Å²) in [7, 11) is 0. The number of rotatable bonds is 3. The molecule has 0 fully saturated rings. The Bertz CT molecular complexity index is 1050. The van der Waals surface area contributed by atoms with E-state index in [1.54, 1.807) is 24.3 Å². The molecule has 4 aromatic rings. The van der Waals surface area contributed by atoms with E-state index in [4.69, 9.17) is 16.3 Å². The van der Waals surface area contributed by atoms with Crippen LogP contribution in [0.5, 0.6) is 0 Å². The standard InChI is InChI=1S/C18H13ClN2O2S/c1-2-23-17(22)12-5-8-15-16(9-12)24-18-20-14(10-21(15)18)11-3-6-13(19)7-4-11/h3-10H,2H2,1H3. The molecule has 0 radical (unpaired) electrons. The summed E-state index contributed by atoms with van der Waals surface area (Å²) in [5, 5.41) is 0.705. The van der Waals surface area contributed by atoms with Crippen molar-refractivity contribution in [2.24, 2.45) is 0 Å². The first-order valence-corrected chi connectivity index (χ1v) is 8.70. The Balaban J connectivity index is 1.78. The van der Waals surface area contributed by atoms with Crippen molar-refractivity contribution in [1.82, 2.24) is 9.38 Å². The number of imidazole rings is 1. The van der Waals surface area contributed by atoms with Crippen molar-refractivity contribution in [3.05, 3.63) is 59.2 Å². The highest BCUT2D eigenvalue weighted by Crippen LogP contribution is 2.30. The number of thiazole rings is 1. The van der Waals surface area contributed by atoms with Crippen LogP contribution in [-0.2, 0) is 4.74 Å². The van der Waals surface area contributed by atoms with E-state index >= 15 is 0 Å². The second-order valence-electron chi connectivity index (χ2n) is 5.29. The molecule has 6 heteroatoms. The fourth-order valence-electron chi connectivity index (χ4n) is 2.60. The zero-order valence-corrected chi connectivity index (χ0v) is 14.4. The number of ether oxygens (including phenoxy) is 1. The summed E-state index contributed by atoms with van der Waals surface area (Å²) in [5.41, 5.74) is 3.50. The molecule has 0 N–H and O–H groups in total. The second-order valence-corrected chi connectivity index (χ2v) is 6.74. The van der Waals surface area contributed by atoms with Gasteiger partial charge in [0.2, 0.25) is 0 Å². The van der Waals surface area contributed by atoms with Gasteiger partial charge in [0, 0.05) is 16.8 Å². The number of halogens is 1. The van der Waals surface area contributed by atoms with Crippen molar-refractivity contribution in [2.75, 3.05) is 6.61 Å². The number of nitrogens with zero attached hydrogens (tertiary/aromatic N) is 2. The SMILES string of the molecule is CCOC(=O)c1ccc2c(c1)sc1nc(-c3ccc(Cl)cc3)cn12. The van der Waals surface area contributed by atoms with Gasteiger partial charge in [0.25, 0.3) is 0 Å². The van der Waals surface area contributed by atoms with Gasteiger partial charge in [-0.15, -0.1) is 0 Å². The van der Waals surface area contributed by atoms with Crippen molar-refractivity contribution >= 4 is 44.1 Å². The second kappa shape index (κ2) is 5.92. The molecule has 2 heterocycles. The molecule has 0 aliphatic heterocycles. The number of carbonyl (C=O) groups is 1. The Labute approximate surface area is 147 Å². The van der Waals surface area contributed by atoms with E-state index in [-0.39, 0.29) is 5.97 Å². The lowest BCUT2D eigenvalue weighted by Gasteiger charge is -2.01. The number of benzene rings is 2. The van der Waals surface area contributed by atoms with Crippen LogP contribution in [0, 0.1) is 0 Å². The van der Waals surface area contributed by atoms with Gasteiger partial charge in [-0.2, -0.15) is 0 Å². The predicted octanol–water partition coefficient (Wildman–Crippen LogP) is 5.05. The summed E-state index contributed by atoms with van der Waals surface area (Å²) in [6, 6.07) is 13.2. The Morgan fingerprint density at radius 1 is 1.25 bits per heavy atom. The minimum Gasteiger partial charge on any atom is -0.462 e. The van der Waals surface area contributed by atoms with Gasteiger partial charge in [-0.05, 0) is 37.3 Å². The Morgan fingerprint density at radius 2 is 2.04 bits per heavy atom. The van der Waals surface area contributed by atoms with Crippen LogP contribution in [0.1, 0.15) is 17.3 Å². The number of hydrogen-bond acceptors (Lipinski definition) is 4. The molecule has 0 aliphatic rings. The molecular formula is C18H13ClN2O2S. The average Bonchev–Trinajstić information content (AvgIpc) is 3.12. The van der Waals surface area contributed by atoms with Crippen LogP contribution in [0.4, 0.5) is 0 Å². The average molecular weight is 357 g/mol. The molecule has 4 nitrogen and oxygen atoms in total. The van der Waals surface area contributed by atoms with Crippen LogP contribution in [0.25, 0.3) is 26.4 Å². The number of hydrogen-bond donors (Lipinski definition) is 0. The maximum atomic E-state index is 11.9. The summed E-state index contributed by atoms with van der Waals surface area (Å²) in [5.74, 6) is -0.299. The molecule has 0 amide bonds. The summed E-state index contributed by atoms with van der Waals surface area (Å²) in [6.07, 6.45) is 2.00. The van der Waals surface area contributed by atoms with Gasteiger partial charge in [-0.3, -0.25) is 4.40 Å². The van der Waals surface area contributed by atoms with Gasteiger partial charge in [-0.25, -0.2) is 9.78 Å². The topological polar surface area (TPSA) is 43.6 Å². The van der Waals surface area contributed by atoms with Crippen LogP contribution in [0.2, 0.25) is 5.02 Å². The van der Waals surface area contributed by atoms with Crippen LogP contribution in [-0.4, -0.2) is 22.0 Å². The third-order valence-electron chi connectivity index (χ3n) is 3.75. The van der Waals surface area contributed by atoms with Crippen molar-refractivity contribution in [1.29, 1.82) is 0 Å². The zero-order valence-electron chi connectivity index (χ0n) is 12.8. The molecule has 0 bridgehead atoms. The van der Waals surface area contributed by atoms with Gasteiger partial charge in [0.15, 0.2) is 4.96 Å². The normalized spacial score (nSPS) is 11.2. The van der Waals surface area contributed by atoms with Crippen molar-refractivity contribution in [2.45, 2.75) is 6.92 Å². The molecule has 4 rings (SSSR count). The Morgan fingerprint density at radius 3 is 2.79 bits per heavy atom. The first kappa shape index (κ1) is 15.2. The molecule has 2 aromatic carbocycles. The van der Waals surface area contributed by atoms with E-state index in [0.717, 1.165) is 26.4 Å². The third kappa shape index (κ3) is 2.56. The number of esters is 1. The lowest BCUT2D eigenvalue weighted by atomic mass is 10.2. The minimum absolute atomic E-state index is 0.299. The number of aromatic nitrogens is 2. The van der Waals surface area contributed by atoms with E-state index in [1.807, 2.05) is 47.0 Å². The zero-order chi connectivity index (χ0) is 16.7. The molecule has 2 aromatic heterocycles. The maximum absolute atomic E-state index is 11.9. The largest absolute Gasteiger partial charge is 0.462 e. The van der Waals surface area contributed by atoms with Crippen LogP contribution < -0.4 is 0 Å². The van der Waals surface area contributed by atoms with Crippen LogP contribution in [0.3, 0.4) is 0 Å². The molecule has 0 unspecified atom stereocenters. The third-order valence-corrected chi connectivity index (χ3v) is 5.01. The molecule has 0 atom stereocenters. The smallest absolute Gasteiger partial charge is 0.338 e. The Hall–Kier alpha value is -2.37. The van der Waals surface area contributed by atoms with E-state index in [1.165, 1.54) is 0 Å². The summed E-state index contributed by atoms with van der Waals surface area (Å²) >= 11 is 7.48. The molecular weight excluding hydrogens is 344 g/mol. The first-order valence-electron chi connectivity index (χ1n) is 7.50. The number of fused-ring (bicyclic) bond motifs is 3. The molecule has 120 valence electrons. The first-order chi connectivity index (χ1) is 11.7. The van der Waals surface area contributed by atoms with Gasteiger partial charge in [-0.1, -0.05) is 35.1 Å². The summed E-state index contributed by atoms with van der Waals surface area (Å²) < 4.78 is 8.10. The van der Waals surface area contributed by atoms with E-state index in [0.29, 0.717) is 17.2 Å². The van der Waals surface area contributed by atoms with Gasteiger partial charge in [0.05, 0.1) is 28.1 Å². The lowest BCUT2D eigenvalue weighted by molar-refractivity contribution is 0.0526. The van der Waals surface area contributed by atoms with Gasteiger partial charge >= 0.3 is 5.97 Å². The summed E-state index contributed by atoms with van der Waals surface area (Å²) in [6.45, 7) is 2.17. The molecule has 0 saturated heterocycles. The van der Waals surface area contributed by atoms with Crippen LogP contribution in [0.15, 0.2) is 48.7 Å². The number of carbonyl (C=O) groups excluding carboxylic acids is 1. The molecule has 24 heavy (non-hydrogen) atoms. The predicted molar refractivity (Wildman–Crippen MR) is 97.0 cm³/mol. The minimum atomic E-state index is -0.299. The fraction of sp³-hybridized carbons (Fsp3) is 0.111. The lowest BCUT2D eigenvalue weighted by Crippen LogP contribution is -2.03. The van der Waals surface area contributed by atoms with E-state index < -0.39 is 0 Å². The summed E-state index contributed by atoms with van der Waals surface area (Å²) in [4.78, 5) is 17.4. The maximum Gasteiger partial charge on any atom is 0.338 e.